The van der Waals surface area contributed by atoms with Crippen molar-refractivity contribution in [2.45, 2.75) is 39.3 Å². The average Bonchev–Trinajstić information content (AvgIpc) is 2.90. The summed E-state index contributed by atoms with van der Waals surface area (Å²) in [6.45, 7) is 5.00. The predicted molar refractivity (Wildman–Crippen MR) is 71.1 cm³/mol. The number of methoxy groups -OCH3 is 1. The fraction of sp³-hybridized carbons (Fsp3) is 0.571. The number of hydrogen-bond acceptors (Lipinski definition) is 4. The first-order chi connectivity index (χ1) is 9.11. The SMILES string of the molecule is COc1nc(C)cc(C)c1CNC(=O)C1CCCO1. The van der Waals surface area contributed by atoms with Gasteiger partial charge in [-0.1, -0.05) is 0 Å². The van der Waals surface area contributed by atoms with Gasteiger partial charge in [0.2, 0.25) is 11.8 Å². The van der Waals surface area contributed by atoms with Crippen LogP contribution in [0.2, 0.25) is 0 Å². The van der Waals surface area contributed by atoms with E-state index in [4.69, 9.17) is 9.47 Å². The summed E-state index contributed by atoms with van der Waals surface area (Å²) >= 11 is 0. The van der Waals surface area contributed by atoms with E-state index in [0.717, 1.165) is 29.7 Å². The molecule has 2 rings (SSSR count). The summed E-state index contributed by atoms with van der Waals surface area (Å²) in [5, 5.41) is 2.89. The first kappa shape index (κ1) is 13.8. The molecule has 0 spiro atoms. The van der Waals surface area contributed by atoms with E-state index in [1.807, 2.05) is 19.9 Å². The highest BCUT2D eigenvalue weighted by atomic mass is 16.5. The molecule has 0 saturated carbocycles. The van der Waals surface area contributed by atoms with E-state index in [1.54, 1.807) is 7.11 Å². The van der Waals surface area contributed by atoms with Crippen LogP contribution in [0.5, 0.6) is 5.88 Å². The van der Waals surface area contributed by atoms with Gasteiger partial charge in [0, 0.05) is 24.4 Å². The number of nitrogens with zero attached hydrogens (tertiary/aromatic N) is 1. The van der Waals surface area contributed by atoms with Crippen molar-refractivity contribution >= 4 is 5.91 Å². The number of nitrogens with one attached hydrogen (secondary N) is 1. The smallest absolute Gasteiger partial charge is 0.249 e. The molecular formula is C14H20N2O3. The Kier molecular flexibility index (Phi) is 4.37. The predicted octanol–water partition coefficient (Wildman–Crippen LogP) is 1.50. The lowest BCUT2D eigenvalue weighted by Gasteiger charge is -2.14. The lowest BCUT2D eigenvalue weighted by atomic mass is 10.1. The van der Waals surface area contributed by atoms with Crippen LogP contribution in [0.25, 0.3) is 0 Å². The van der Waals surface area contributed by atoms with E-state index >= 15 is 0 Å². The van der Waals surface area contributed by atoms with Gasteiger partial charge in [-0.2, -0.15) is 0 Å². The third-order valence-corrected chi connectivity index (χ3v) is 3.29. The number of aryl methyl sites for hydroxylation is 2. The summed E-state index contributed by atoms with van der Waals surface area (Å²) in [7, 11) is 1.59. The molecule has 19 heavy (non-hydrogen) atoms. The summed E-state index contributed by atoms with van der Waals surface area (Å²) in [5.74, 6) is 0.518. The lowest BCUT2D eigenvalue weighted by molar-refractivity contribution is -0.130. The van der Waals surface area contributed by atoms with E-state index in [-0.39, 0.29) is 12.0 Å². The third-order valence-electron chi connectivity index (χ3n) is 3.29. The topological polar surface area (TPSA) is 60.5 Å². The lowest BCUT2D eigenvalue weighted by Crippen LogP contribution is -2.34. The normalized spacial score (nSPS) is 18.4. The van der Waals surface area contributed by atoms with Crippen molar-refractivity contribution in [1.29, 1.82) is 0 Å². The summed E-state index contributed by atoms with van der Waals surface area (Å²) in [4.78, 5) is 16.2. The maximum Gasteiger partial charge on any atom is 0.249 e. The Hall–Kier alpha value is -1.62. The average molecular weight is 264 g/mol. The van der Waals surface area contributed by atoms with Crippen LogP contribution in [0.1, 0.15) is 29.7 Å². The second-order valence-electron chi connectivity index (χ2n) is 4.79. The molecule has 1 aliphatic rings. The minimum absolute atomic E-state index is 0.0560. The molecule has 1 aromatic heterocycles. The third kappa shape index (κ3) is 3.23. The number of ether oxygens (including phenoxy) is 2. The van der Waals surface area contributed by atoms with Gasteiger partial charge in [-0.05, 0) is 38.3 Å². The Balaban J connectivity index is 2.04. The van der Waals surface area contributed by atoms with Crippen LogP contribution in [-0.2, 0) is 16.1 Å². The quantitative estimate of drug-likeness (QED) is 0.895. The zero-order chi connectivity index (χ0) is 13.8. The fourth-order valence-electron chi connectivity index (χ4n) is 2.29. The van der Waals surface area contributed by atoms with Crippen LogP contribution in [0.15, 0.2) is 6.07 Å². The van der Waals surface area contributed by atoms with Gasteiger partial charge in [-0.25, -0.2) is 4.98 Å². The number of aromatic nitrogens is 1. The maximum atomic E-state index is 11.9. The van der Waals surface area contributed by atoms with Gasteiger partial charge >= 0.3 is 0 Å². The number of amides is 1. The van der Waals surface area contributed by atoms with Gasteiger partial charge in [0.15, 0.2) is 0 Å². The molecule has 1 saturated heterocycles. The molecule has 104 valence electrons. The minimum Gasteiger partial charge on any atom is -0.481 e. The van der Waals surface area contributed by atoms with Crippen LogP contribution in [0.3, 0.4) is 0 Å². The van der Waals surface area contributed by atoms with E-state index in [0.29, 0.717) is 19.0 Å². The number of pyridine rings is 1. The van der Waals surface area contributed by atoms with Crippen LogP contribution in [0, 0.1) is 13.8 Å². The van der Waals surface area contributed by atoms with Gasteiger partial charge in [-0.3, -0.25) is 4.79 Å². The van der Waals surface area contributed by atoms with Crippen molar-refractivity contribution in [2.24, 2.45) is 0 Å². The molecule has 5 nitrogen and oxygen atoms in total. The molecule has 1 unspecified atom stereocenters. The van der Waals surface area contributed by atoms with Crippen molar-refractivity contribution in [3.05, 3.63) is 22.9 Å². The number of rotatable bonds is 4. The molecule has 1 atom stereocenters. The highest BCUT2D eigenvalue weighted by Gasteiger charge is 2.23. The summed E-state index contributed by atoms with van der Waals surface area (Å²) < 4.78 is 10.6. The second kappa shape index (κ2) is 6.02. The van der Waals surface area contributed by atoms with Crippen molar-refractivity contribution < 1.29 is 14.3 Å². The zero-order valence-corrected chi connectivity index (χ0v) is 11.7. The van der Waals surface area contributed by atoms with Crippen LogP contribution >= 0.6 is 0 Å². The molecule has 1 fully saturated rings. The molecule has 0 bridgehead atoms. The standard InChI is InChI=1S/C14H20N2O3/c1-9-7-10(2)16-14(18-3)11(9)8-15-13(17)12-5-4-6-19-12/h7,12H,4-6,8H2,1-3H3,(H,15,17). The van der Waals surface area contributed by atoms with Crippen LogP contribution < -0.4 is 10.1 Å². The number of carbonyl (C=O) groups is 1. The Morgan fingerprint density at radius 2 is 2.37 bits per heavy atom. The molecule has 0 aliphatic carbocycles. The van der Waals surface area contributed by atoms with E-state index in [9.17, 15) is 4.79 Å². The molecular weight excluding hydrogens is 244 g/mol. The van der Waals surface area contributed by atoms with Gasteiger partial charge in [0.25, 0.3) is 0 Å². The minimum atomic E-state index is -0.301. The monoisotopic (exact) mass is 264 g/mol. The van der Waals surface area contributed by atoms with E-state index in [2.05, 4.69) is 10.3 Å². The summed E-state index contributed by atoms with van der Waals surface area (Å²) in [6.07, 6.45) is 1.45. The molecule has 5 heteroatoms. The molecule has 1 amide bonds. The molecule has 1 aromatic rings. The van der Waals surface area contributed by atoms with Crippen LogP contribution in [-0.4, -0.2) is 30.7 Å². The van der Waals surface area contributed by atoms with Gasteiger partial charge in [0.1, 0.15) is 6.10 Å². The van der Waals surface area contributed by atoms with E-state index < -0.39 is 0 Å². The summed E-state index contributed by atoms with van der Waals surface area (Å²) in [5.41, 5.74) is 2.89. The van der Waals surface area contributed by atoms with E-state index in [1.165, 1.54) is 0 Å². The van der Waals surface area contributed by atoms with Crippen molar-refractivity contribution in [3.63, 3.8) is 0 Å². The molecule has 0 radical (unpaired) electrons. The fourth-order valence-corrected chi connectivity index (χ4v) is 2.29. The second-order valence-corrected chi connectivity index (χ2v) is 4.79. The highest BCUT2D eigenvalue weighted by molar-refractivity contribution is 5.81. The first-order valence-electron chi connectivity index (χ1n) is 6.52. The number of carbonyl (C=O) groups excluding carboxylic acids is 1. The molecule has 1 aliphatic heterocycles. The molecule has 2 heterocycles. The summed E-state index contributed by atoms with van der Waals surface area (Å²) in [6, 6.07) is 1.98. The van der Waals surface area contributed by atoms with Crippen LogP contribution in [0.4, 0.5) is 0 Å². The zero-order valence-electron chi connectivity index (χ0n) is 11.7. The Labute approximate surface area is 113 Å². The van der Waals surface area contributed by atoms with Gasteiger partial charge < -0.3 is 14.8 Å². The Morgan fingerprint density at radius 3 is 3.00 bits per heavy atom. The van der Waals surface area contributed by atoms with Crippen molar-refractivity contribution in [1.82, 2.24) is 10.3 Å². The number of hydrogen-bond donors (Lipinski definition) is 1. The molecule has 1 N–H and O–H groups in total. The molecule has 0 aromatic carbocycles. The van der Waals surface area contributed by atoms with Gasteiger partial charge in [0.05, 0.1) is 7.11 Å². The van der Waals surface area contributed by atoms with Gasteiger partial charge in [-0.15, -0.1) is 0 Å². The highest BCUT2D eigenvalue weighted by Crippen LogP contribution is 2.20. The Bertz CT molecular complexity index is 468. The Morgan fingerprint density at radius 1 is 1.58 bits per heavy atom. The first-order valence-corrected chi connectivity index (χ1v) is 6.52. The largest absolute Gasteiger partial charge is 0.481 e. The van der Waals surface area contributed by atoms with Crippen molar-refractivity contribution in [3.8, 4) is 5.88 Å². The van der Waals surface area contributed by atoms with Crippen molar-refractivity contribution in [2.75, 3.05) is 13.7 Å². The maximum absolute atomic E-state index is 11.9.